The number of hydrogen-bond donors (Lipinski definition) is 6. The lowest BCUT2D eigenvalue weighted by atomic mass is 10.0. The molecular formula is C44H30N6O4. The zero-order valence-electron chi connectivity index (χ0n) is 28.5. The number of carboxylic acids is 2. The van der Waals surface area contributed by atoms with E-state index in [2.05, 4.69) is 29.9 Å². The predicted octanol–water partition coefficient (Wildman–Crippen LogP) is 4.49. The number of hydrogen-bond acceptors (Lipinski definition) is 4. The third-order valence-electron chi connectivity index (χ3n) is 9.68. The topological polar surface area (TPSA) is 164 Å². The molecule has 0 saturated heterocycles. The van der Waals surface area contributed by atoms with E-state index < -0.39 is 11.9 Å². The molecule has 260 valence electrons. The average molecular weight is 707 g/mol. The molecule has 8 aromatic rings. The first-order valence-corrected chi connectivity index (χ1v) is 17.2. The summed E-state index contributed by atoms with van der Waals surface area (Å²) in [5, 5.41) is 22.6. The molecule has 0 spiro atoms. The van der Waals surface area contributed by atoms with Crippen LogP contribution in [0.15, 0.2) is 146 Å². The summed E-state index contributed by atoms with van der Waals surface area (Å²) in [4.78, 5) is 46.9. The maximum absolute atomic E-state index is 11.8. The van der Waals surface area contributed by atoms with Crippen molar-refractivity contribution >= 4 is 34.2 Å². The molecule has 1 aliphatic rings. The summed E-state index contributed by atoms with van der Waals surface area (Å²) in [7, 11) is 0. The molecular weight excluding hydrogens is 677 g/mol. The molecule has 6 N–H and O–H groups in total. The number of fused-ring (bicyclic) bond motifs is 8. The third kappa shape index (κ3) is 5.73. The van der Waals surface area contributed by atoms with Crippen LogP contribution in [0, 0.1) is 0 Å². The highest BCUT2D eigenvalue weighted by Gasteiger charge is 2.19. The van der Waals surface area contributed by atoms with E-state index in [1.54, 1.807) is 49.1 Å². The van der Waals surface area contributed by atoms with Gasteiger partial charge in [-0.3, -0.25) is 9.97 Å². The van der Waals surface area contributed by atoms with Crippen molar-refractivity contribution in [1.29, 1.82) is 0 Å². The molecule has 0 radical (unpaired) electrons. The molecule has 10 nitrogen and oxygen atoms in total. The molecule has 0 aliphatic carbocycles. The Hall–Kier alpha value is -7.72. The van der Waals surface area contributed by atoms with Gasteiger partial charge in [-0.1, -0.05) is 24.3 Å². The summed E-state index contributed by atoms with van der Waals surface area (Å²) in [6, 6.07) is 37.9. The summed E-state index contributed by atoms with van der Waals surface area (Å²) in [5.41, 5.74) is 10.8. The first-order chi connectivity index (χ1) is 26.4. The SMILES string of the molecule is O=C(O)c1ccc(C2=c3ccc([nH]3)=C(c3ccncc3)c3ccc([nH]3)C(c3ccc(C(=O)O)cc3)=c3ccc([nH]3)=C(c3ccncc3)c3ccc2[nH]3)cc1. The fraction of sp³-hybridized carbons (Fsp3) is 0. The normalized spacial score (nSPS) is 12.6. The van der Waals surface area contributed by atoms with Crippen molar-refractivity contribution in [2.75, 3.05) is 0 Å². The number of aromatic carboxylic acids is 2. The molecule has 0 atom stereocenters. The average Bonchev–Trinajstić information content (AvgIpc) is 4.04. The van der Waals surface area contributed by atoms with Gasteiger partial charge in [-0.15, -0.1) is 0 Å². The largest absolute Gasteiger partial charge is 0.478 e. The van der Waals surface area contributed by atoms with Crippen LogP contribution in [0.4, 0.5) is 0 Å². The highest BCUT2D eigenvalue weighted by atomic mass is 16.4. The first-order valence-electron chi connectivity index (χ1n) is 17.2. The molecule has 0 amide bonds. The lowest BCUT2D eigenvalue weighted by Crippen LogP contribution is -2.19. The van der Waals surface area contributed by atoms with Crippen molar-refractivity contribution in [2.45, 2.75) is 0 Å². The second-order valence-electron chi connectivity index (χ2n) is 12.9. The number of aromatic amines is 4. The molecule has 9 rings (SSSR count). The van der Waals surface area contributed by atoms with E-state index in [9.17, 15) is 19.8 Å². The molecule has 7 heterocycles. The van der Waals surface area contributed by atoms with E-state index in [-0.39, 0.29) is 11.1 Å². The maximum Gasteiger partial charge on any atom is 0.335 e. The predicted molar refractivity (Wildman–Crippen MR) is 203 cm³/mol. The molecule has 0 saturated carbocycles. The van der Waals surface area contributed by atoms with E-state index in [0.29, 0.717) is 0 Å². The lowest BCUT2D eigenvalue weighted by molar-refractivity contribution is 0.0686. The number of benzene rings is 2. The Morgan fingerprint density at radius 3 is 0.907 bits per heavy atom. The number of H-pyrrole nitrogens is 4. The van der Waals surface area contributed by atoms with Crippen molar-refractivity contribution in [3.63, 3.8) is 0 Å². The van der Waals surface area contributed by atoms with Crippen molar-refractivity contribution < 1.29 is 19.8 Å². The Kier molecular flexibility index (Phi) is 7.82. The number of carbonyl (C=O) groups is 2. The van der Waals surface area contributed by atoms with Gasteiger partial charge in [-0.25, -0.2) is 9.59 Å². The number of aromatic nitrogens is 6. The van der Waals surface area contributed by atoms with Gasteiger partial charge in [0.05, 0.1) is 11.1 Å². The zero-order valence-corrected chi connectivity index (χ0v) is 28.5. The molecule has 2 aromatic carbocycles. The Bertz CT molecular complexity index is 2760. The minimum absolute atomic E-state index is 0.202. The van der Waals surface area contributed by atoms with Gasteiger partial charge >= 0.3 is 11.9 Å². The number of pyridine rings is 2. The first kappa shape index (κ1) is 32.2. The van der Waals surface area contributed by atoms with Crippen LogP contribution in [-0.4, -0.2) is 52.1 Å². The fourth-order valence-electron chi connectivity index (χ4n) is 7.17. The van der Waals surface area contributed by atoms with E-state index >= 15 is 0 Å². The van der Waals surface area contributed by atoms with Gasteiger partial charge in [0.25, 0.3) is 0 Å². The third-order valence-corrected chi connectivity index (χ3v) is 9.68. The Balaban J connectivity index is 1.41. The monoisotopic (exact) mass is 706 g/mol. The Morgan fingerprint density at radius 2 is 0.630 bits per heavy atom. The van der Waals surface area contributed by atoms with Gasteiger partial charge in [-0.05, 0) is 119 Å². The molecule has 0 fully saturated rings. The second-order valence-corrected chi connectivity index (χ2v) is 12.9. The van der Waals surface area contributed by atoms with Crippen molar-refractivity contribution in [3.8, 4) is 0 Å². The maximum atomic E-state index is 11.8. The van der Waals surface area contributed by atoms with Gasteiger partial charge in [0.15, 0.2) is 0 Å². The molecule has 8 bridgehead atoms. The minimum Gasteiger partial charge on any atom is -0.478 e. The Morgan fingerprint density at radius 1 is 0.352 bits per heavy atom. The molecule has 54 heavy (non-hydrogen) atoms. The summed E-state index contributed by atoms with van der Waals surface area (Å²) in [5.74, 6) is -1.98. The molecule has 10 heteroatoms. The summed E-state index contributed by atoms with van der Waals surface area (Å²) < 4.78 is 0. The van der Waals surface area contributed by atoms with Gasteiger partial charge in [0, 0.05) is 91.3 Å². The van der Waals surface area contributed by atoms with Crippen LogP contribution in [0.5, 0.6) is 0 Å². The van der Waals surface area contributed by atoms with Gasteiger partial charge in [-0.2, -0.15) is 0 Å². The van der Waals surface area contributed by atoms with E-state index in [0.717, 1.165) is 88.7 Å². The minimum atomic E-state index is -0.990. The Labute approximate surface area is 306 Å². The van der Waals surface area contributed by atoms with Crippen molar-refractivity contribution in [1.82, 2.24) is 29.9 Å². The number of nitrogens with zero attached hydrogens (tertiary/aromatic N) is 2. The van der Waals surface area contributed by atoms with Crippen LogP contribution in [0.3, 0.4) is 0 Å². The summed E-state index contributed by atoms with van der Waals surface area (Å²) >= 11 is 0. The van der Waals surface area contributed by atoms with Crippen LogP contribution < -0.4 is 21.4 Å². The van der Waals surface area contributed by atoms with Crippen molar-refractivity contribution in [2.24, 2.45) is 0 Å². The van der Waals surface area contributed by atoms with E-state index in [4.69, 9.17) is 0 Å². The fourth-order valence-corrected chi connectivity index (χ4v) is 7.17. The number of nitrogens with one attached hydrogen (secondary N) is 4. The highest BCUT2D eigenvalue weighted by molar-refractivity contribution is 5.90. The van der Waals surface area contributed by atoms with Gasteiger partial charge in [0.2, 0.25) is 0 Å². The van der Waals surface area contributed by atoms with E-state index in [1.807, 2.05) is 97.1 Å². The number of rotatable bonds is 6. The molecule has 0 unspecified atom stereocenters. The smallest absolute Gasteiger partial charge is 0.335 e. The van der Waals surface area contributed by atoms with Crippen LogP contribution in [0.1, 0.15) is 65.7 Å². The summed E-state index contributed by atoms with van der Waals surface area (Å²) in [6.07, 6.45) is 7.04. The van der Waals surface area contributed by atoms with Gasteiger partial charge < -0.3 is 30.1 Å². The van der Waals surface area contributed by atoms with Crippen LogP contribution >= 0.6 is 0 Å². The molecule has 6 aromatic heterocycles. The van der Waals surface area contributed by atoms with Gasteiger partial charge in [0.1, 0.15) is 0 Å². The van der Waals surface area contributed by atoms with Crippen LogP contribution in [-0.2, 0) is 0 Å². The van der Waals surface area contributed by atoms with Crippen molar-refractivity contribution in [3.05, 3.63) is 224 Å². The molecule has 1 aliphatic heterocycles. The van der Waals surface area contributed by atoms with E-state index in [1.165, 1.54) is 0 Å². The quantitative estimate of drug-likeness (QED) is 0.149. The lowest BCUT2D eigenvalue weighted by Gasteiger charge is -2.10. The number of carboxylic acid groups (broad SMARTS) is 2. The van der Waals surface area contributed by atoms with Crippen LogP contribution in [0.2, 0.25) is 0 Å². The second kappa shape index (κ2) is 13.1. The standard InChI is InChI=1S/C44H30N6O4/c51-43(52)29-5-1-25(2-6-29)39-31-9-13-35(47-31)41(27-17-21-45-22-18-27)37-15-11-33(49-37)40(26-3-7-30(8-4-26)44(53)54)34-12-16-38(50-34)42(28-19-23-46-24-20-28)36-14-10-32(39)48-36/h1-24,47-50H,(H,51,52)(H,53,54). The zero-order chi connectivity index (χ0) is 36.8. The van der Waals surface area contributed by atoms with Crippen LogP contribution in [0.25, 0.3) is 22.3 Å². The highest BCUT2D eigenvalue weighted by Crippen LogP contribution is 2.28. The summed E-state index contributed by atoms with van der Waals surface area (Å²) in [6.45, 7) is 0.